The molecule has 4 rings (SSSR count). The Hall–Kier alpha value is -3.16. The molecule has 2 N–H and O–H groups in total. The number of aromatic nitrogens is 2. The maximum atomic E-state index is 12.9. The van der Waals surface area contributed by atoms with E-state index < -0.39 is 5.41 Å². The number of urea groups is 1. The minimum atomic E-state index is -0.666. The van der Waals surface area contributed by atoms with Crippen molar-refractivity contribution >= 4 is 23.6 Å². The number of rotatable bonds is 3. The van der Waals surface area contributed by atoms with Gasteiger partial charge in [-0.3, -0.25) is 4.79 Å². The molecule has 0 aliphatic carbocycles. The van der Waals surface area contributed by atoms with Crippen LogP contribution in [0.2, 0.25) is 0 Å². The van der Waals surface area contributed by atoms with Gasteiger partial charge < -0.3 is 20.4 Å². The first-order valence-corrected chi connectivity index (χ1v) is 9.51. The van der Waals surface area contributed by atoms with Crippen LogP contribution < -0.4 is 15.5 Å². The maximum absolute atomic E-state index is 12.9. The van der Waals surface area contributed by atoms with E-state index in [4.69, 9.17) is 0 Å². The molecule has 0 bridgehead atoms. The van der Waals surface area contributed by atoms with Gasteiger partial charge in [0.1, 0.15) is 0 Å². The number of piperidine rings is 1. The summed E-state index contributed by atoms with van der Waals surface area (Å²) in [6.07, 6.45) is 4.98. The summed E-state index contributed by atoms with van der Waals surface area (Å²) in [5.41, 5.74) is 0.0693. The molecule has 2 fully saturated rings. The molecule has 0 saturated carbocycles. The normalized spacial score (nSPS) is 23.8. The zero-order valence-corrected chi connectivity index (χ0v) is 15.8. The highest BCUT2D eigenvalue weighted by Gasteiger charge is 2.57. The highest BCUT2D eigenvalue weighted by molar-refractivity contribution is 5.92. The van der Waals surface area contributed by atoms with Crippen molar-refractivity contribution in [2.75, 3.05) is 36.9 Å². The van der Waals surface area contributed by atoms with Crippen LogP contribution in [0.1, 0.15) is 12.8 Å². The van der Waals surface area contributed by atoms with Crippen LogP contribution in [0, 0.1) is 5.41 Å². The molecule has 1 aromatic carbocycles. The number of likely N-dealkylation sites (tertiary alicyclic amines) is 1. The largest absolute Gasteiger partial charge is 0.359 e. The number of amides is 3. The number of carbonyl (C=O) groups excluding carboxylic acids is 2. The number of benzene rings is 1. The van der Waals surface area contributed by atoms with Crippen LogP contribution in [0.4, 0.5) is 16.4 Å². The summed E-state index contributed by atoms with van der Waals surface area (Å²) < 4.78 is 0. The lowest BCUT2D eigenvalue weighted by atomic mass is 9.74. The van der Waals surface area contributed by atoms with E-state index in [1.54, 1.807) is 30.4 Å². The Morgan fingerprint density at radius 3 is 2.61 bits per heavy atom. The van der Waals surface area contributed by atoms with Crippen molar-refractivity contribution in [1.82, 2.24) is 20.2 Å². The van der Waals surface area contributed by atoms with Crippen LogP contribution >= 0.6 is 0 Å². The van der Waals surface area contributed by atoms with E-state index in [1.165, 1.54) is 0 Å². The Balaban J connectivity index is 1.62. The van der Waals surface area contributed by atoms with Crippen LogP contribution in [-0.2, 0) is 4.79 Å². The third-order valence-corrected chi connectivity index (χ3v) is 5.70. The quantitative estimate of drug-likeness (QED) is 0.846. The van der Waals surface area contributed by atoms with Crippen LogP contribution in [0.25, 0.3) is 0 Å². The molecule has 28 heavy (non-hydrogen) atoms. The average Bonchev–Trinajstić information content (AvgIpc) is 3.16. The monoisotopic (exact) mass is 380 g/mol. The van der Waals surface area contributed by atoms with E-state index in [0.717, 1.165) is 25.1 Å². The zero-order chi connectivity index (χ0) is 19.6. The predicted molar refractivity (Wildman–Crippen MR) is 106 cm³/mol. The molecule has 0 spiro atoms. The number of anilines is 2. The summed E-state index contributed by atoms with van der Waals surface area (Å²) in [7, 11) is 1.65. The predicted octanol–water partition coefficient (Wildman–Crippen LogP) is 1.73. The second kappa shape index (κ2) is 7.46. The number of para-hydroxylation sites is 1. The van der Waals surface area contributed by atoms with Crippen molar-refractivity contribution < 1.29 is 9.59 Å². The van der Waals surface area contributed by atoms with Crippen molar-refractivity contribution in [1.29, 1.82) is 0 Å². The van der Waals surface area contributed by atoms with Gasteiger partial charge in [0.25, 0.3) is 0 Å². The fourth-order valence-electron chi connectivity index (χ4n) is 4.40. The van der Waals surface area contributed by atoms with Crippen LogP contribution in [0.3, 0.4) is 0 Å². The Kier molecular flexibility index (Phi) is 4.85. The van der Waals surface area contributed by atoms with E-state index in [1.807, 2.05) is 30.3 Å². The van der Waals surface area contributed by atoms with Gasteiger partial charge in [0.05, 0.1) is 11.5 Å². The molecule has 0 unspecified atom stereocenters. The Morgan fingerprint density at radius 2 is 1.89 bits per heavy atom. The fourth-order valence-corrected chi connectivity index (χ4v) is 4.40. The molecule has 2 aliphatic rings. The second-order valence-corrected chi connectivity index (χ2v) is 7.27. The maximum Gasteiger partial charge on any atom is 0.321 e. The van der Waals surface area contributed by atoms with Gasteiger partial charge in [0, 0.05) is 44.8 Å². The van der Waals surface area contributed by atoms with Gasteiger partial charge in [-0.15, -0.1) is 0 Å². The number of hydrogen-bond acceptors (Lipinski definition) is 5. The van der Waals surface area contributed by atoms with Crippen molar-refractivity contribution in [3.63, 3.8) is 0 Å². The Morgan fingerprint density at radius 1 is 1.14 bits per heavy atom. The number of nitrogens with zero attached hydrogens (tertiary/aromatic N) is 4. The van der Waals surface area contributed by atoms with Gasteiger partial charge in [0.15, 0.2) is 0 Å². The van der Waals surface area contributed by atoms with Gasteiger partial charge >= 0.3 is 6.03 Å². The van der Waals surface area contributed by atoms with Gasteiger partial charge in [-0.2, -0.15) is 0 Å². The first-order valence-electron chi connectivity index (χ1n) is 9.51. The van der Waals surface area contributed by atoms with Crippen LogP contribution in [0.15, 0.2) is 48.8 Å². The number of carbonyl (C=O) groups is 2. The van der Waals surface area contributed by atoms with Gasteiger partial charge in [-0.05, 0) is 31.0 Å². The minimum absolute atomic E-state index is 0.0341. The number of fused-ring (bicyclic) bond motifs is 1. The highest BCUT2D eigenvalue weighted by atomic mass is 16.2. The van der Waals surface area contributed by atoms with E-state index in [9.17, 15) is 9.59 Å². The third-order valence-electron chi connectivity index (χ3n) is 5.70. The molecule has 1 aromatic heterocycles. The van der Waals surface area contributed by atoms with Crippen molar-refractivity contribution in [2.45, 2.75) is 18.9 Å². The first kappa shape index (κ1) is 18.2. The van der Waals surface area contributed by atoms with Gasteiger partial charge in [-0.25, -0.2) is 14.8 Å². The molecule has 8 heteroatoms. The third kappa shape index (κ3) is 3.15. The summed E-state index contributed by atoms with van der Waals surface area (Å²) >= 11 is 0. The van der Waals surface area contributed by atoms with Gasteiger partial charge in [-0.1, -0.05) is 18.2 Å². The lowest BCUT2D eigenvalue weighted by molar-refractivity contribution is -0.131. The molecule has 2 aromatic rings. The van der Waals surface area contributed by atoms with Crippen LogP contribution in [-0.4, -0.2) is 59.5 Å². The van der Waals surface area contributed by atoms with E-state index in [0.29, 0.717) is 19.0 Å². The summed E-state index contributed by atoms with van der Waals surface area (Å²) in [6.45, 7) is 1.59. The van der Waals surface area contributed by atoms with E-state index in [2.05, 4.69) is 25.5 Å². The standard InChI is InChI=1S/C20H24N6O2/c1-21-17(27)20-9-5-12-26(18-22-10-6-11-23-18)16(20)13-25(14-20)19(28)24-15-7-3-2-4-8-15/h2-4,6-8,10-11,16H,5,9,12-14H2,1H3,(H,21,27)(H,24,28)/t16-,20-/m1/s1. The highest BCUT2D eigenvalue weighted by Crippen LogP contribution is 2.43. The molecule has 2 atom stereocenters. The molecule has 146 valence electrons. The minimum Gasteiger partial charge on any atom is -0.359 e. The molecule has 2 saturated heterocycles. The number of hydrogen-bond donors (Lipinski definition) is 2. The molecular weight excluding hydrogens is 356 g/mol. The zero-order valence-electron chi connectivity index (χ0n) is 15.8. The SMILES string of the molecule is CNC(=O)[C@@]12CCCN(c3ncccn3)[C@@H]1CN(C(=O)Nc1ccccc1)C2. The molecule has 2 aliphatic heterocycles. The van der Waals surface area contributed by atoms with Crippen molar-refractivity contribution in [3.05, 3.63) is 48.8 Å². The second-order valence-electron chi connectivity index (χ2n) is 7.27. The summed E-state index contributed by atoms with van der Waals surface area (Å²) in [4.78, 5) is 38.4. The summed E-state index contributed by atoms with van der Waals surface area (Å²) in [5, 5.41) is 5.74. The fraction of sp³-hybridized carbons (Fsp3) is 0.400. The lowest BCUT2D eigenvalue weighted by Gasteiger charge is -2.43. The van der Waals surface area contributed by atoms with Crippen LogP contribution in [0.5, 0.6) is 0 Å². The Bertz CT molecular complexity index is 846. The molecule has 3 amide bonds. The van der Waals surface area contributed by atoms with Crippen molar-refractivity contribution in [2.24, 2.45) is 5.41 Å². The smallest absolute Gasteiger partial charge is 0.321 e. The molecular formula is C20H24N6O2. The average molecular weight is 380 g/mol. The number of nitrogens with one attached hydrogen (secondary N) is 2. The first-order chi connectivity index (χ1) is 13.6. The molecule has 3 heterocycles. The molecule has 0 radical (unpaired) electrons. The lowest BCUT2D eigenvalue weighted by Crippen LogP contribution is -2.58. The van der Waals surface area contributed by atoms with Crippen molar-refractivity contribution in [3.8, 4) is 0 Å². The topological polar surface area (TPSA) is 90.5 Å². The Labute approximate surface area is 164 Å². The van der Waals surface area contributed by atoms with E-state index in [-0.39, 0.29) is 18.0 Å². The van der Waals surface area contributed by atoms with E-state index >= 15 is 0 Å². The van der Waals surface area contributed by atoms with Gasteiger partial charge in [0.2, 0.25) is 11.9 Å². The summed E-state index contributed by atoms with van der Waals surface area (Å²) in [5.74, 6) is 0.568. The molecule has 8 nitrogen and oxygen atoms in total. The summed E-state index contributed by atoms with van der Waals surface area (Å²) in [6, 6.07) is 10.8.